The number of aryl methyl sites for hydroxylation is 1. The number of nitrogens with zero attached hydrogens (tertiary/aromatic N) is 4. The molecule has 1 heterocycles. The van der Waals surface area contributed by atoms with Crippen molar-refractivity contribution in [3.05, 3.63) is 41.7 Å². The van der Waals surface area contributed by atoms with E-state index in [1.54, 1.807) is 7.05 Å². The van der Waals surface area contributed by atoms with Crippen molar-refractivity contribution in [2.45, 2.75) is 45.7 Å². The van der Waals surface area contributed by atoms with Gasteiger partial charge in [0.05, 0.1) is 31.5 Å². The molecule has 2 N–H and O–H groups in total. The molecule has 0 aliphatic carbocycles. The van der Waals surface area contributed by atoms with Crippen LogP contribution in [0.5, 0.6) is 11.5 Å². The number of hydrogen-bond acceptors (Lipinski definition) is 5. The van der Waals surface area contributed by atoms with Crippen LogP contribution < -0.4 is 20.1 Å². The van der Waals surface area contributed by atoms with E-state index in [2.05, 4.69) is 72.6 Å². The summed E-state index contributed by atoms with van der Waals surface area (Å²) < 4.78 is 13.6. The fourth-order valence-corrected chi connectivity index (χ4v) is 3.34. The first kappa shape index (κ1) is 29.0. The third kappa shape index (κ3) is 9.04. The number of guanidine groups is 1. The predicted molar refractivity (Wildman–Crippen MR) is 146 cm³/mol. The van der Waals surface area contributed by atoms with Gasteiger partial charge in [-0.2, -0.15) is 5.10 Å². The Morgan fingerprint density at radius 3 is 2.33 bits per heavy atom. The average Bonchev–Trinajstić information content (AvgIpc) is 3.21. The third-order valence-electron chi connectivity index (χ3n) is 5.16. The van der Waals surface area contributed by atoms with E-state index in [1.165, 1.54) is 0 Å². The summed E-state index contributed by atoms with van der Waals surface area (Å²) in [6.07, 6.45) is 5.87. The first-order chi connectivity index (χ1) is 15.4. The van der Waals surface area contributed by atoms with Crippen LogP contribution in [0.4, 0.5) is 0 Å². The molecule has 2 rings (SSSR count). The number of likely N-dealkylation sites (N-methyl/N-ethyl adjacent to an activating group) is 1. The van der Waals surface area contributed by atoms with E-state index in [-0.39, 0.29) is 36.1 Å². The number of halogens is 1. The highest BCUT2D eigenvalue weighted by Gasteiger charge is 2.18. The Labute approximate surface area is 216 Å². The van der Waals surface area contributed by atoms with Gasteiger partial charge < -0.3 is 25.0 Å². The lowest BCUT2D eigenvalue weighted by Gasteiger charge is -2.26. The summed E-state index contributed by atoms with van der Waals surface area (Å²) in [6.45, 7) is 8.36. The molecule has 1 aromatic heterocycles. The molecule has 0 fully saturated rings. The van der Waals surface area contributed by atoms with E-state index < -0.39 is 0 Å². The number of nitrogens with one attached hydrogen (secondary N) is 2. The molecule has 9 heteroatoms. The number of ether oxygens (including phenoxy) is 2. The van der Waals surface area contributed by atoms with Gasteiger partial charge in [-0.3, -0.25) is 9.67 Å². The molecular weight excluding hydrogens is 531 g/mol. The van der Waals surface area contributed by atoms with E-state index >= 15 is 0 Å². The Morgan fingerprint density at radius 1 is 1.12 bits per heavy atom. The number of hydrogen-bond donors (Lipinski definition) is 2. The summed E-state index contributed by atoms with van der Waals surface area (Å²) in [5.74, 6) is 2.33. The Morgan fingerprint density at radius 2 is 1.79 bits per heavy atom. The SMILES string of the molecule is CCCOc1ccc(C(C)NC(=NC)NCC(c2cnn(C)c2)N(C)C)cc1OCCC.I. The van der Waals surface area contributed by atoms with E-state index in [0.717, 1.165) is 41.4 Å². The number of rotatable bonds is 12. The molecule has 2 aromatic rings. The largest absolute Gasteiger partial charge is 0.490 e. The molecule has 0 bridgehead atoms. The maximum absolute atomic E-state index is 5.95. The van der Waals surface area contributed by atoms with Gasteiger partial charge in [-0.05, 0) is 51.6 Å². The Hall–Kier alpha value is -2.01. The van der Waals surface area contributed by atoms with Crippen molar-refractivity contribution in [3.8, 4) is 11.5 Å². The highest BCUT2D eigenvalue weighted by atomic mass is 127. The molecule has 2 unspecified atom stereocenters. The Kier molecular flexibility index (Phi) is 13.2. The Balaban J connectivity index is 0.00000544. The van der Waals surface area contributed by atoms with Gasteiger partial charge >= 0.3 is 0 Å². The first-order valence-electron chi connectivity index (χ1n) is 11.4. The van der Waals surface area contributed by atoms with Gasteiger partial charge in [-0.25, -0.2) is 0 Å². The minimum absolute atomic E-state index is 0. The quantitative estimate of drug-likeness (QED) is 0.226. The third-order valence-corrected chi connectivity index (χ3v) is 5.16. The molecule has 186 valence electrons. The second-order valence-electron chi connectivity index (χ2n) is 8.15. The number of benzene rings is 1. The summed E-state index contributed by atoms with van der Waals surface area (Å²) in [4.78, 5) is 6.59. The lowest BCUT2D eigenvalue weighted by molar-refractivity contribution is 0.268. The highest BCUT2D eigenvalue weighted by Crippen LogP contribution is 2.31. The summed E-state index contributed by atoms with van der Waals surface area (Å²) in [5, 5.41) is 11.2. The van der Waals surface area contributed by atoms with Crippen LogP contribution in [0.3, 0.4) is 0 Å². The van der Waals surface area contributed by atoms with Crippen molar-refractivity contribution in [3.63, 3.8) is 0 Å². The van der Waals surface area contributed by atoms with E-state index in [0.29, 0.717) is 19.8 Å². The molecule has 1 aromatic carbocycles. The fraction of sp³-hybridized carbons (Fsp3) is 0.583. The molecule has 33 heavy (non-hydrogen) atoms. The molecular formula is C24H41IN6O2. The van der Waals surface area contributed by atoms with Crippen molar-refractivity contribution in [2.24, 2.45) is 12.0 Å². The number of aromatic nitrogens is 2. The first-order valence-corrected chi connectivity index (χ1v) is 11.4. The summed E-state index contributed by atoms with van der Waals surface area (Å²) >= 11 is 0. The molecule has 0 aliphatic rings. The van der Waals surface area contributed by atoms with Crippen molar-refractivity contribution in [1.29, 1.82) is 0 Å². The van der Waals surface area contributed by atoms with Crippen LogP contribution in [-0.4, -0.2) is 61.5 Å². The van der Waals surface area contributed by atoms with E-state index in [1.807, 2.05) is 30.2 Å². The van der Waals surface area contributed by atoms with E-state index in [9.17, 15) is 0 Å². The van der Waals surface area contributed by atoms with Gasteiger partial charge in [0.1, 0.15) is 0 Å². The van der Waals surface area contributed by atoms with Crippen molar-refractivity contribution < 1.29 is 9.47 Å². The zero-order chi connectivity index (χ0) is 23.5. The molecule has 0 spiro atoms. The van der Waals surface area contributed by atoms with Crippen LogP contribution in [0.2, 0.25) is 0 Å². The van der Waals surface area contributed by atoms with Crippen molar-refractivity contribution in [2.75, 3.05) is 40.9 Å². The van der Waals surface area contributed by atoms with Gasteiger partial charge in [0.2, 0.25) is 0 Å². The lowest BCUT2D eigenvalue weighted by Crippen LogP contribution is -2.42. The van der Waals surface area contributed by atoms with Crippen LogP contribution >= 0.6 is 24.0 Å². The maximum atomic E-state index is 5.95. The minimum Gasteiger partial charge on any atom is -0.490 e. The molecule has 0 aliphatic heterocycles. The summed E-state index contributed by atoms with van der Waals surface area (Å²) in [7, 11) is 7.85. The normalized spacial score (nSPS) is 13.3. The summed E-state index contributed by atoms with van der Waals surface area (Å²) in [5.41, 5.74) is 2.27. The van der Waals surface area contributed by atoms with Crippen LogP contribution in [-0.2, 0) is 7.05 Å². The fourth-order valence-electron chi connectivity index (χ4n) is 3.34. The topological polar surface area (TPSA) is 75.9 Å². The minimum atomic E-state index is 0. The van der Waals surface area contributed by atoms with Crippen molar-refractivity contribution in [1.82, 2.24) is 25.3 Å². The predicted octanol–water partition coefficient (Wildman–Crippen LogP) is 4.14. The molecule has 0 radical (unpaired) electrons. The summed E-state index contributed by atoms with van der Waals surface area (Å²) in [6, 6.07) is 6.36. The second-order valence-corrected chi connectivity index (χ2v) is 8.15. The van der Waals surface area contributed by atoms with Crippen LogP contribution in [0.25, 0.3) is 0 Å². The van der Waals surface area contributed by atoms with Gasteiger partial charge in [-0.15, -0.1) is 24.0 Å². The van der Waals surface area contributed by atoms with Crippen LogP contribution in [0.15, 0.2) is 35.6 Å². The van der Waals surface area contributed by atoms with E-state index in [4.69, 9.17) is 9.47 Å². The maximum Gasteiger partial charge on any atom is 0.191 e. The monoisotopic (exact) mass is 572 g/mol. The molecule has 0 saturated heterocycles. The van der Waals surface area contributed by atoms with Gasteiger partial charge in [0.25, 0.3) is 0 Å². The number of aliphatic imine (C=N–C) groups is 1. The standard InChI is InChI=1S/C24H40N6O2.HI/c1-8-12-31-22-11-10-19(14-23(22)32-13-9-2)18(3)28-24(25-4)26-16-21(29(5)6)20-15-27-30(7)17-20;/h10-11,14-15,17-18,21H,8-9,12-13,16H2,1-7H3,(H2,25,26,28);1H. The van der Waals surface area contributed by atoms with Crippen LogP contribution in [0, 0.1) is 0 Å². The smallest absolute Gasteiger partial charge is 0.191 e. The Bertz CT molecular complexity index is 855. The zero-order valence-electron chi connectivity index (χ0n) is 21.1. The molecule has 2 atom stereocenters. The average molecular weight is 573 g/mol. The van der Waals surface area contributed by atoms with Crippen molar-refractivity contribution >= 4 is 29.9 Å². The second kappa shape index (κ2) is 15.0. The molecule has 0 amide bonds. The van der Waals surface area contributed by atoms with Gasteiger partial charge in [-0.1, -0.05) is 19.9 Å². The van der Waals surface area contributed by atoms with Gasteiger partial charge in [0, 0.05) is 32.4 Å². The highest BCUT2D eigenvalue weighted by molar-refractivity contribution is 14.0. The van der Waals surface area contributed by atoms with Gasteiger partial charge in [0.15, 0.2) is 17.5 Å². The lowest BCUT2D eigenvalue weighted by atomic mass is 10.1. The molecule has 0 saturated carbocycles. The zero-order valence-corrected chi connectivity index (χ0v) is 23.4. The molecule has 8 nitrogen and oxygen atoms in total. The van der Waals surface area contributed by atoms with Crippen LogP contribution in [0.1, 0.15) is 56.8 Å².